The van der Waals surface area contributed by atoms with Crippen LogP contribution in [0, 0.1) is 12.7 Å². The lowest BCUT2D eigenvalue weighted by molar-refractivity contribution is 0.384. The van der Waals surface area contributed by atoms with Crippen molar-refractivity contribution < 1.29 is 9.13 Å². The van der Waals surface area contributed by atoms with Crippen molar-refractivity contribution in [3.8, 4) is 5.75 Å². The van der Waals surface area contributed by atoms with Crippen molar-refractivity contribution in [3.63, 3.8) is 0 Å². The Morgan fingerprint density at radius 1 is 1.45 bits per heavy atom. The highest BCUT2D eigenvalue weighted by atomic mass is 32.1. The van der Waals surface area contributed by atoms with Gasteiger partial charge >= 0.3 is 0 Å². The van der Waals surface area contributed by atoms with Gasteiger partial charge in [0.25, 0.3) is 0 Å². The van der Waals surface area contributed by atoms with E-state index in [0.717, 1.165) is 0 Å². The molecular formula is C8H9FOS. The molecule has 0 fully saturated rings. The maximum atomic E-state index is 13.1. The molecule has 11 heavy (non-hydrogen) atoms. The van der Waals surface area contributed by atoms with Gasteiger partial charge in [-0.05, 0) is 19.1 Å². The van der Waals surface area contributed by atoms with E-state index >= 15 is 0 Å². The summed E-state index contributed by atoms with van der Waals surface area (Å²) in [4.78, 5) is 0.642. The van der Waals surface area contributed by atoms with Crippen LogP contribution < -0.4 is 4.74 Å². The predicted octanol–water partition coefficient (Wildman–Crippen LogP) is 2.43. The number of thiol groups is 1. The SMILES string of the molecule is COc1ccc(S)c(C)c1F. The quantitative estimate of drug-likeness (QED) is 0.640. The van der Waals surface area contributed by atoms with Crippen LogP contribution in [0.5, 0.6) is 5.75 Å². The summed E-state index contributed by atoms with van der Waals surface area (Å²) in [5.74, 6) is -0.0692. The lowest BCUT2D eigenvalue weighted by Crippen LogP contribution is -1.91. The van der Waals surface area contributed by atoms with Gasteiger partial charge in [0.05, 0.1) is 7.11 Å². The largest absolute Gasteiger partial charge is 0.494 e. The third-order valence-corrected chi connectivity index (χ3v) is 2.03. The second kappa shape index (κ2) is 3.13. The molecule has 1 aromatic carbocycles. The molecule has 1 nitrogen and oxygen atoms in total. The summed E-state index contributed by atoms with van der Waals surface area (Å²) in [5, 5.41) is 0. The fraction of sp³-hybridized carbons (Fsp3) is 0.250. The van der Waals surface area contributed by atoms with E-state index in [1.54, 1.807) is 19.1 Å². The first kappa shape index (κ1) is 8.40. The molecule has 1 aromatic rings. The van der Waals surface area contributed by atoms with Crippen LogP contribution in [0.1, 0.15) is 5.56 Å². The van der Waals surface area contributed by atoms with E-state index in [9.17, 15) is 4.39 Å². The fourth-order valence-electron chi connectivity index (χ4n) is 0.808. The van der Waals surface area contributed by atoms with Gasteiger partial charge in [-0.15, -0.1) is 12.6 Å². The minimum Gasteiger partial charge on any atom is -0.494 e. The van der Waals surface area contributed by atoms with E-state index < -0.39 is 0 Å². The molecule has 0 aliphatic rings. The van der Waals surface area contributed by atoms with Crippen LogP contribution in [0.15, 0.2) is 17.0 Å². The Kier molecular flexibility index (Phi) is 2.39. The van der Waals surface area contributed by atoms with E-state index in [0.29, 0.717) is 10.5 Å². The van der Waals surface area contributed by atoms with Gasteiger partial charge in [0.15, 0.2) is 11.6 Å². The standard InChI is InChI=1S/C8H9FOS/c1-5-7(11)4-3-6(10-2)8(5)9/h3-4,11H,1-2H3. The summed E-state index contributed by atoms with van der Waals surface area (Å²) in [7, 11) is 1.44. The lowest BCUT2D eigenvalue weighted by atomic mass is 10.2. The molecule has 0 saturated carbocycles. The molecule has 0 radical (unpaired) electrons. The Bertz CT molecular complexity index is 273. The molecule has 0 aliphatic heterocycles. The molecule has 0 bridgehead atoms. The van der Waals surface area contributed by atoms with Gasteiger partial charge in [-0.1, -0.05) is 0 Å². The van der Waals surface area contributed by atoms with E-state index in [2.05, 4.69) is 12.6 Å². The van der Waals surface area contributed by atoms with Crippen molar-refractivity contribution in [2.24, 2.45) is 0 Å². The van der Waals surface area contributed by atoms with E-state index in [-0.39, 0.29) is 11.6 Å². The van der Waals surface area contributed by atoms with Crippen LogP contribution in [-0.4, -0.2) is 7.11 Å². The van der Waals surface area contributed by atoms with Gasteiger partial charge in [-0.2, -0.15) is 0 Å². The van der Waals surface area contributed by atoms with Crippen LogP contribution in [0.2, 0.25) is 0 Å². The van der Waals surface area contributed by atoms with Gasteiger partial charge in [-0.3, -0.25) is 0 Å². The molecule has 0 saturated heterocycles. The topological polar surface area (TPSA) is 9.23 Å². The Morgan fingerprint density at radius 3 is 2.64 bits per heavy atom. The van der Waals surface area contributed by atoms with Crippen molar-refractivity contribution in [2.75, 3.05) is 7.11 Å². The zero-order chi connectivity index (χ0) is 8.43. The number of halogens is 1. The van der Waals surface area contributed by atoms with Gasteiger partial charge in [0, 0.05) is 10.5 Å². The molecule has 0 aliphatic carbocycles. The van der Waals surface area contributed by atoms with Crippen LogP contribution in [0.3, 0.4) is 0 Å². The zero-order valence-corrected chi connectivity index (χ0v) is 7.28. The van der Waals surface area contributed by atoms with Crippen molar-refractivity contribution >= 4 is 12.6 Å². The van der Waals surface area contributed by atoms with Crippen molar-refractivity contribution in [1.82, 2.24) is 0 Å². The maximum Gasteiger partial charge on any atom is 0.169 e. The molecular weight excluding hydrogens is 163 g/mol. The second-order valence-electron chi connectivity index (χ2n) is 2.23. The van der Waals surface area contributed by atoms with Crippen LogP contribution in [0.4, 0.5) is 4.39 Å². The van der Waals surface area contributed by atoms with Crippen LogP contribution >= 0.6 is 12.6 Å². The number of rotatable bonds is 1. The highest BCUT2D eigenvalue weighted by Gasteiger charge is 2.06. The maximum absolute atomic E-state index is 13.1. The number of hydrogen-bond donors (Lipinski definition) is 1. The molecule has 0 spiro atoms. The van der Waals surface area contributed by atoms with Crippen molar-refractivity contribution in [3.05, 3.63) is 23.5 Å². The Morgan fingerprint density at radius 2 is 2.09 bits per heavy atom. The smallest absolute Gasteiger partial charge is 0.169 e. The van der Waals surface area contributed by atoms with Crippen molar-refractivity contribution in [2.45, 2.75) is 11.8 Å². The molecule has 60 valence electrons. The first-order valence-corrected chi connectivity index (χ1v) is 3.63. The molecule has 0 amide bonds. The van der Waals surface area contributed by atoms with Gasteiger partial charge < -0.3 is 4.74 Å². The molecule has 0 N–H and O–H groups in total. The summed E-state index contributed by atoms with van der Waals surface area (Å²) < 4.78 is 17.9. The van der Waals surface area contributed by atoms with E-state index in [4.69, 9.17) is 4.74 Å². The molecule has 0 aromatic heterocycles. The minimum atomic E-state index is -0.333. The van der Waals surface area contributed by atoms with Gasteiger partial charge in [-0.25, -0.2) is 4.39 Å². The third kappa shape index (κ3) is 1.48. The summed E-state index contributed by atoms with van der Waals surface area (Å²) in [6, 6.07) is 3.27. The summed E-state index contributed by atoms with van der Waals surface area (Å²) in [6.45, 7) is 1.67. The number of hydrogen-bond acceptors (Lipinski definition) is 2. The molecule has 0 unspecified atom stereocenters. The van der Waals surface area contributed by atoms with E-state index in [1.165, 1.54) is 7.11 Å². The number of benzene rings is 1. The number of ether oxygens (including phenoxy) is 1. The highest BCUT2D eigenvalue weighted by molar-refractivity contribution is 7.80. The first-order chi connectivity index (χ1) is 5.16. The molecule has 3 heteroatoms. The fourth-order valence-corrected chi connectivity index (χ4v) is 0.980. The lowest BCUT2D eigenvalue weighted by Gasteiger charge is -2.05. The van der Waals surface area contributed by atoms with Crippen LogP contribution in [0.25, 0.3) is 0 Å². The van der Waals surface area contributed by atoms with Crippen molar-refractivity contribution in [1.29, 1.82) is 0 Å². The van der Waals surface area contributed by atoms with E-state index in [1.807, 2.05) is 0 Å². The second-order valence-corrected chi connectivity index (χ2v) is 2.71. The summed E-state index contributed by atoms with van der Waals surface area (Å²) in [6.07, 6.45) is 0. The summed E-state index contributed by atoms with van der Waals surface area (Å²) >= 11 is 4.06. The normalized spacial score (nSPS) is 9.82. The van der Waals surface area contributed by atoms with Gasteiger partial charge in [0.2, 0.25) is 0 Å². The predicted molar refractivity (Wildman–Crippen MR) is 44.9 cm³/mol. The Hall–Kier alpha value is -0.700. The highest BCUT2D eigenvalue weighted by Crippen LogP contribution is 2.24. The average molecular weight is 172 g/mol. The Labute approximate surface area is 70.6 Å². The first-order valence-electron chi connectivity index (χ1n) is 3.19. The van der Waals surface area contributed by atoms with Gasteiger partial charge in [0.1, 0.15) is 0 Å². The molecule has 0 heterocycles. The third-order valence-electron chi connectivity index (χ3n) is 1.54. The summed E-state index contributed by atoms with van der Waals surface area (Å²) in [5.41, 5.74) is 0.521. The Balaban J connectivity index is 3.25. The zero-order valence-electron chi connectivity index (χ0n) is 6.39. The minimum absolute atomic E-state index is 0.264. The molecule has 1 rings (SSSR count). The molecule has 0 atom stereocenters. The number of methoxy groups -OCH3 is 1. The van der Waals surface area contributed by atoms with Crippen LogP contribution in [-0.2, 0) is 0 Å². The average Bonchev–Trinajstić information content (AvgIpc) is 2.01. The monoisotopic (exact) mass is 172 g/mol.